The number of aryl methyl sites for hydroxylation is 1. The van der Waals surface area contributed by atoms with Crippen molar-refractivity contribution in [1.29, 1.82) is 0 Å². The van der Waals surface area contributed by atoms with E-state index in [1.807, 2.05) is 36.6 Å². The summed E-state index contributed by atoms with van der Waals surface area (Å²) >= 11 is 1.59. The first kappa shape index (κ1) is 23.1. The highest BCUT2D eigenvalue weighted by Gasteiger charge is 2.13. The summed E-state index contributed by atoms with van der Waals surface area (Å²) < 4.78 is 30.4. The van der Waals surface area contributed by atoms with Gasteiger partial charge in [-0.1, -0.05) is 12.1 Å². The molecular weight excluding hydrogens is 410 g/mol. The van der Waals surface area contributed by atoms with Crippen LogP contribution in [0.2, 0.25) is 0 Å². The highest BCUT2D eigenvalue weighted by Crippen LogP contribution is 2.17. The molecule has 1 aromatic heterocycles. The molecule has 0 radical (unpaired) electrons. The molecule has 0 saturated heterocycles. The van der Waals surface area contributed by atoms with Gasteiger partial charge >= 0.3 is 0 Å². The minimum atomic E-state index is -3.18. The van der Waals surface area contributed by atoms with E-state index >= 15 is 0 Å². The summed E-state index contributed by atoms with van der Waals surface area (Å²) in [5.74, 6) is 0.554. The number of nitrogens with one attached hydrogen (secondary N) is 1. The molecule has 0 fully saturated rings. The van der Waals surface area contributed by atoms with Gasteiger partial charge in [-0.05, 0) is 44.0 Å². The van der Waals surface area contributed by atoms with Crippen molar-refractivity contribution in [2.24, 2.45) is 0 Å². The van der Waals surface area contributed by atoms with E-state index in [1.165, 1.54) is 10.4 Å². The molecule has 0 aliphatic heterocycles. The maximum absolute atomic E-state index is 11.9. The van der Waals surface area contributed by atoms with Gasteiger partial charge in [0.05, 0.1) is 16.5 Å². The number of nitrogens with zero attached hydrogens (tertiary/aromatic N) is 2. The van der Waals surface area contributed by atoms with Gasteiger partial charge in [0.2, 0.25) is 15.9 Å². The van der Waals surface area contributed by atoms with Gasteiger partial charge in [-0.25, -0.2) is 17.7 Å². The summed E-state index contributed by atoms with van der Waals surface area (Å²) in [5.41, 5.74) is 1.74. The predicted molar refractivity (Wildman–Crippen MR) is 116 cm³/mol. The summed E-state index contributed by atoms with van der Waals surface area (Å²) in [5, 5.41) is 5.73. The number of ether oxygens (including phenoxy) is 1. The molecule has 0 aliphatic carbocycles. The zero-order valence-electron chi connectivity index (χ0n) is 16.9. The van der Waals surface area contributed by atoms with E-state index in [2.05, 4.69) is 10.3 Å². The molecule has 29 heavy (non-hydrogen) atoms. The summed E-state index contributed by atoms with van der Waals surface area (Å²) in [6, 6.07) is 7.46. The number of carbonyl (C=O) groups is 1. The number of hydrogen-bond donors (Lipinski definition) is 1. The van der Waals surface area contributed by atoms with Crippen molar-refractivity contribution < 1.29 is 17.9 Å². The topological polar surface area (TPSA) is 88.6 Å². The fourth-order valence-electron chi connectivity index (χ4n) is 2.44. The van der Waals surface area contributed by atoms with E-state index in [0.717, 1.165) is 16.3 Å². The van der Waals surface area contributed by atoms with Crippen LogP contribution in [0, 0.1) is 6.92 Å². The number of thiazole rings is 1. The number of aromatic nitrogens is 1. The van der Waals surface area contributed by atoms with Crippen molar-refractivity contribution in [3.63, 3.8) is 0 Å². The van der Waals surface area contributed by atoms with Gasteiger partial charge in [0.15, 0.2) is 0 Å². The van der Waals surface area contributed by atoms with Crippen LogP contribution in [0.3, 0.4) is 0 Å². The number of carbonyl (C=O) groups excluding carboxylic acids is 1. The number of hydrogen-bond acceptors (Lipinski definition) is 6. The number of rotatable bonds is 11. The van der Waals surface area contributed by atoms with Gasteiger partial charge in [0.25, 0.3) is 0 Å². The Hall–Kier alpha value is -2.23. The van der Waals surface area contributed by atoms with E-state index in [4.69, 9.17) is 4.74 Å². The highest BCUT2D eigenvalue weighted by atomic mass is 32.2. The van der Waals surface area contributed by atoms with Crippen molar-refractivity contribution in [3.05, 3.63) is 52.0 Å². The maximum atomic E-state index is 11.9. The van der Waals surface area contributed by atoms with Gasteiger partial charge in [-0.2, -0.15) is 0 Å². The van der Waals surface area contributed by atoms with Gasteiger partial charge in [-0.15, -0.1) is 11.3 Å². The molecule has 1 amide bonds. The molecule has 7 nitrogen and oxygen atoms in total. The summed E-state index contributed by atoms with van der Waals surface area (Å²) in [6.45, 7) is 4.75. The first-order chi connectivity index (χ1) is 13.8. The zero-order valence-corrected chi connectivity index (χ0v) is 18.6. The molecule has 0 atom stereocenters. The number of benzene rings is 1. The summed E-state index contributed by atoms with van der Waals surface area (Å²) in [4.78, 5) is 16.3. The molecule has 0 spiro atoms. The third-order valence-electron chi connectivity index (χ3n) is 4.13. The molecule has 1 N–H and O–H groups in total. The van der Waals surface area contributed by atoms with Crippen LogP contribution in [0.4, 0.5) is 0 Å². The third kappa shape index (κ3) is 7.96. The van der Waals surface area contributed by atoms with Crippen LogP contribution in [-0.4, -0.2) is 49.5 Å². The highest BCUT2D eigenvalue weighted by molar-refractivity contribution is 7.89. The van der Waals surface area contributed by atoms with Crippen LogP contribution in [0.1, 0.15) is 29.6 Å². The van der Waals surface area contributed by atoms with E-state index in [0.29, 0.717) is 31.9 Å². The maximum Gasteiger partial charge on any atom is 0.243 e. The molecule has 1 heterocycles. The lowest BCUT2D eigenvalue weighted by atomic mass is 10.2. The van der Waals surface area contributed by atoms with Gasteiger partial charge in [-0.3, -0.25) is 4.79 Å². The minimum absolute atomic E-state index is 0.0742. The Morgan fingerprint density at radius 3 is 2.86 bits per heavy atom. The molecule has 0 bridgehead atoms. The second-order valence-electron chi connectivity index (χ2n) is 6.42. The molecule has 1 aromatic carbocycles. The Bertz CT molecular complexity index is 939. The Balaban J connectivity index is 1.76. The first-order valence-electron chi connectivity index (χ1n) is 9.34. The zero-order chi connectivity index (χ0) is 21.3. The summed E-state index contributed by atoms with van der Waals surface area (Å²) in [7, 11) is -1.63. The number of amides is 1. The smallest absolute Gasteiger partial charge is 0.243 e. The second kappa shape index (κ2) is 11.1. The minimum Gasteiger partial charge on any atom is -0.487 e. The molecule has 0 aliphatic rings. The van der Waals surface area contributed by atoms with Gasteiger partial charge in [0.1, 0.15) is 12.4 Å². The van der Waals surface area contributed by atoms with Crippen LogP contribution >= 0.6 is 11.3 Å². The Labute approximate surface area is 176 Å². The quantitative estimate of drug-likeness (QED) is 0.431. The Morgan fingerprint density at radius 1 is 1.38 bits per heavy atom. The standard InChI is InChI=1S/C20H27N3O4S2/c1-4-29(25,26)23(3)12-6-11-21-20(24)10-9-17-7-5-8-19(13-17)27-14-18-15-28-16(2)22-18/h5,7-10,13,15H,4,6,11-12,14H2,1-3H3,(H,21,24)/b10-9+. The van der Waals surface area contributed by atoms with Crippen molar-refractivity contribution in [3.8, 4) is 5.75 Å². The first-order valence-corrected chi connectivity index (χ1v) is 11.8. The molecule has 2 rings (SSSR count). The lowest BCUT2D eigenvalue weighted by molar-refractivity contribution is -0.116. The normalized spacial score (nSPS) is 11.9. The molecule has 9 heteroatoms. The van der Waals surface area contributed by atoms with E-state index < -0.39 is 10.0 Å². The van der Waals surface area contributed by atoms with Crippen molar-refractivity contribution in [1.82, 2.24) is 14.6 Å². The largest absolute Gasteiger partial charge is 0.487 e. The van der Waals surface area contributed by atoms with Gasteiger partial charge in [0, 0.05) is 31.6 Å². The predicted octanol–water partition coefficient (Wildman–Crippen LogP) is 2.83. The average Bonchev–Trinajstić information content (AvgIpc) is 3.13. The van der Waals surface area contributed by atoms with E-state index in [1.54, 1.807) is 31.4 Å². The Kier molecular flexibility index (Phi) is 8.81. The second-order valence-corrected chi connectivity index (χ2v) is 9.85. The SMILES string of the molecule is CCS(=O)(=O)N(C)CCCNC(=O)/C=C/c1cccc(OCc2csc(C)n2)c1. The average molecular weight is 438 g/mol. The lowest BCUT2D eigenvalue weighted by Gasteiger charge is -2.15. The molecular formula is C20H27N3O4S2. The van der Waals surface area contributed by atoms with Crippen LogP contribution in [0.25, 0.3) is 6.08 Å². The molecule has 158 valence electrons. The third-order valence-corrected chi connectivity index (χ3v) is 6.81. The van der Waals surface area contributed by atoms with Crippen molar-refractivity contribution >= 4 is 33.3 Å². The van der Waals surface area contributed by atoms with Gasteiger partial charge < -0.3 is 10.1 Å². The molecule has 0 unspecified atom stereocenters. The van der Waals surface area contributed by atoms with Crippen LogP contribution < -0.4 is 10.1 Å². The Morgan fingerprint density at radius 2 is 2.17 bits per heavy atom. The van der Waals surface area contributed by atoms with Crippen LogP contribution in [0.15, 0.2) is 35.7 Å². The van der Waals surface area contributed by atoms with Crippen molar-refractivity contribution in [2.45, 2.75) is 26.9 Å². The fourth-order valence-corrected chi connectivity index (χ4v) is 3.89. The number of sulfonamides is 1. The molecule has 2 aromatic rings. The molecule has 0 saturated carbocycles. The summed E-state index contributed by atoms with van der Waals surface area (Å²) in [6.07, 6.45) is 3.72. The lowest BCUT2D eigenvalue weighted by Crippen LogP contribution is -2.32. The van der Waals surface area contributed by atoms with Crippen molar-refractivity contribution in [2.75, 3.05) is 25.9 Å². The van der Waals surface area contributed by atoms with E-state index in [-0.39, 0.29) is 11.7 Å². The van der Waals surface area contributed by atoms with Crippen LogP contribution in [0.5, 0.6) is 5.75 Å². The van der Waals surface area contributed by atoms with Crippen LogP contribution in [-0.2, 0) is 21.4 Å². The fraction of sp³-hybridized carbons (Fsp3) is 0.400. The van der Waals surface area contributed by atoms with E-state index in [9.17, 15) is 13.2 Å². The monoisotopic (exact) mass is 437 g/mol.